The fourth-order valence-electron chi connectivity index (χ4n) is 2.25. The van der Waals surface area contributed by atoms with Gasteiger partial charge < -0.3 is 15.1 Å². The lowest BCUT2D eigenvalue weighted by atomic mass is 10.1. The number of amides is 1. The number of carboxylic acids is 1. The molecule has 7 heteroatoms. The van der Waals surface area contributed by atoms with Crippen molar-refractivity contribution in [2.75, 3.05) is 13.2 Å². The number of hydrogen-bond acceptors (Lipinski definition) is 5. The lowest BCUT2D eigenvalue weighted by Crippen LogP contribution is -2.41. The molecule has 2 N–H and O–H groups in total. The van der Waals surface area contributed by atoms with Crippen molar-refractivity contribution in [1.29, 1.82) is 0 Å². The Morgan fingerprint density at radius 2 is 2.21 bits per heavy atom. The summed E-state index contributed by atoms with van der Waals surface area (Å²) < 4.78 is 0. The van der Waals surface area contributed by atoms with Crippen LogP contribution in [0, 0.1) is 0 Å². The van der Waals surface area contributed by atoms with Gasteiger partial charge in [0.25, 0.3) is 5.91 Å². The zero-order valence-electron chi connectivity index (χ0n) is 10.4. The maximum absolute atomic E-state index is 12.4. The number of likely N-dealkylation sites (tertiary alicyclic amines) is 1. The summed E-state index contributed by atoms with van der Waals surface area (Å²) >= 11 is 0.879. The summed E-state index contributed by atoms with van der Waals surface area (Å²) in [5.74, 6) is -1.36. The molecule has 2 heterocycles. The van der Waals surface area contributed by atoms with Crippen LogP contribution in [0.25, 0.3) is 0 Å². The van der Waals surface area contributed by atoms with E-state index in [9.17, 15) is 14.7 Å². The molecular formula is C12H16N2O4S. The predicted octanol–water partition coefficient (Wildman–Crippen LogP) is 1.22. The van der Waals surface area contributed by atoms with E-state index in [2.05, 4.69) is 4.98 Å². The molecule has 1 aliphatic rings. The van der Waals surface area contributed by atoms with Crippen LogP contribution < -0.4 is 0 Å². The largest absolute Gasteiger partial charge is 0.476 e. The molecule has 0 spiro atoms. The molecule has 1 aliphatic heterocycles. The summed E-state index contributed by atoms with van der Waals surface area (Å²) in [6.07, 6.45) is 5.04. The van der Waals surface area contributed by atoms with Crippen LogP contribution in [0.15, 0.2) is 6.20 Å². The van der Waals surface area contributed by atoms with Crippen LogP contribution in [0.2, 0.25) is 0 Å². The molecule has 2 rings (SSSR count). The molecule has 0 saturated carbocycles. The first kappa shape index (κ1) is 14.0. The topological polar surface area (TPSA) is 90.7 Å². The number of rotatable bonds is 3. The minimum atomic E-state index is -1.13. The Morgan fingerprint density at radius 3 is 2.84 bits per heavy atom. The number of aromatic carboxylic acids is 1. The average Bonchev–Trinajstić information content (AvgIpc) is 2.77. The van der Waals surface area contributed by atoms with Crippen LogP contribution in [0.5, 0.6) is 0 Å². The molecule has 0 aromatic carbocycles. The normalized spacial score (nSPS) is 20.1. The van der Waals surface area contributed by atoms with Crippen LogP contribution in [0.4, 0.5) is 0 Å². The number of aliphatic hydroxyl groups excluding tert-OH is 1. The van der Waals surface area contributed by atoms with Gasteiger partial charge in [0, 0.05) is 6.54 Å². The first-order valence-corrected chi connectivity index (χ1v) is 7.06. The van der Waals surface area contributed by atoms with E-state index >= 15 is 0 Å². The number of aliphatic hydroxyl groups is 1. The third kappa shape index (κ3) is 3.10. The van der Waals surface area contributed by atoms with Crippen molar-refractivity contribution < 1.29 is 19.8 Å². The smallest absolute Gasteiger partial charge is 0.365 e. The highest BCUT2D eigenvalue weighted by Gasteiger charge is 2.27. The van der Waals surface area contributed by atoms with Crippen LogP contribution in [0.3, 0.4) is 0 Å². The molecule has 0 aliphatic carbocycles. The molecule has 1 fully saturated rings. The van der Waals surface area contributed by atoms with Gasteiger partial charge in [0.05, 0.1) is 18.8 Å². The highest BCUT2D eigenvalue weighted by Crippen LogP contribution is 2.22. The van der Waals surface area contributed by atoms with Crippen molar-refractivity contribution in [1.82, 2.24) is 9.88 Å². The Labute approximate surface area is 114 Å². The van der Waals surface area contributed by atoms with Gasteiger partial charge in [0.15, 0.2) is 0 Å². The quantitative estimate of drug-likeness (QED) is 0.871. The Kier molecular flexibility index (Phi) is 4.49. The summed E-state index contributed by atoms with van der Waals surface area (Å²) in [6.45, 7) is 0.542. The monoisotopic (exact) mass is 284 g/mol. The van der Waals surface area contributed by atoms with Gasteiger partial charge in [-0.15, -0.1) is 11.3 Å². The fraction of sp³-hybridized carbons (Fsp3) is 0.583. The zero-order valence-corrected chi connectivity index (χ0v) is 11.2. The lowest BCUT2D eigenvalue weighted by molar-refractivity contribution is 0.0604. The predicted molar refractivity (Wildman–Crippen MR) is 69.5 cm³/mol. The number of carboxylic acid groups (broad SMARTS) is 1. The SMILES string of the molecule is O=C(O)c1ncc(C(=O)N2CCCCCC2CO)s1. The molecule has 6 nitrogen and oxygen atoms in total. The maximum Gasteiger partial charge on any atom is 0.365 e. The highest BCUT2D eigenvalue weighted by atomic mass is 32.1. The van der Waals surface area contributed by atoms with Gasteiger partial charge in [-0.25, -0.2) is 9.78 Å². The first-order chi connectivity index (χ1) is 9.13. The number of carbonyl (C=O) groups excluding carboxylic acids is 1. The van der Waals surface area contributed by atoms with Crippen LogP contribution in [-0.2, 0) is 0 Å². The van der Waals surface area contributed by atoms with E-state index < -0.39 is 5.97 Å². The van der Waals surface area contributed by atoms with Gasteiger partial charge in [0.2, 0.25) is 5.01 Å². The number of carbonyl (C=O) groups is 2. The van der Waals surface area contributed by atoms with Gasteiger partial charge in [-0.2, -0.15) is 0 Å². The minimum absolute atomic E-state index is 0.0592. The summed E-state index contributed by atoms with van der Waals surface area (Å²) in [5, 5.41) is 18.1. The molecule has 0 bridgehead atoms. The highest BCUT2D eigenvalue weighted by molar-refractivity contribution is 7.15. The Morgan fingerprint density at radius 1 is 1.42 bits per heavy atom. The maximum atomic E-state index is 12.4. The van der Waals surface area contributed by atoms with Crippen molar-refractivity contribution in [3.63, 3.8) is 0 Å². The number of aromatic nitrogens is 1. The third-order valence-electron chi connectivity index (χ3n) is 3.25. The number of thiazole rings is 1. The minimum Gasteiger partial charge on any atom is -0.476 e. The standard InChI is InChI=1S/C12H16N2O4S/c15-7-8-4-2-1-3-5-14(8)11(16)9-6-13-10(19-9)12(17)18/h6,8,15H,1-5,7H2,(H,17,18). The second-order valence-corrected chi connectivity index (χ2v) is 5.55. The molecule has 1 aromatic heterocycles. The van der Waals surface area contributed by atoms with E-state index in [4.69, 9.17) is 5.11 Å². The van der Waals surface area contributed by atoms with Gasteiger partial charge in [-0.3, -0.25) is 4.79 Å². The van der Waals surface area contributed by atoms with Gasteiger partial charge in [0.1, 0.15) is 4.88 Å². The van der Waals surface area contributed by atoms with Crippen LogP contribution in [0.1, 0.15) is 45.2 Å². The molecule has 1 aromatic rings. The molecule has 1 amide bonds. The molecule has 19 heavy (non-hydrogen) atoms. The summed E-state index contributed by atoms with van der Waals surface area (Å²) in [7, 11) is 0. The summed E-state index contributed by atoms with van der Waals surface area (Å²) in [5.41, 5.74) is 0. The first-order valence-electron chi connectivity index (χ1n) is 6.24. The van der Waals surface area contributed by atoms with E-state index in [1.165, 1.54) is 6.20 Å². The summed E-state index contributed by atoms with van der Waals surface area (Å²) in [6, 6.07) is -0.176. The zero-order chi connectivity index (χ0) is 13.8. The molecule has 1 unspecified atom stereocenters. The van der Waals surface area contributed by atoms with Crippen molar-refractivity contribution in [3.8, 4) is 0 Å². The number of nitrogens with zero attached hydrogens (tertiary/aromatic N) is 2. The van der Waals surface area contributed by atoms with Crippen molar-refractivity contribution in [3.05, 3.63) is 16.1 Å². The Balaban J connectivity index is 2.17. The second-order valence-electron chi connectivity index (χ2n) is 4.52. The van der Waals surface area contributed by atoms with Crippen molar-refractivity contribution in [2.24, 2.45) is 0 Å². The van der Waals surface area contributed by atoms with Crippen LogP contribution in [-0.4, -0.2) is 51.2 Å². The van der Waals surface area contributed by atoms with Gasteiger partial charge >= 0.3 is 5.97 Å². The molecular weight excluding hydrogens is 268 g/mol. The van der Waals surface area contributed by atoms with E-state index in [-0.39, 0.29) is 23.6 Å². The van der Waals surface area contributed by atoms with Gasteiger partial charge in [-0.05, 0) is 12.8 Å². The van der Waals surface area contributed by atoms with E-state index in [1.54, 1.807) is 4.90 Å². The molecule has 1 atom stereocenters. The molecule has 0 radical (unpaired) electrons. The Hall–Kier alpha value is -1.47. The third-order valence-corrected chi connectivity index (χ3v) is 4.22. The van der Waals surface area contributed by atoms with E-state index in [0.29, 0.717) is 11.4 Å². The van der Waals surface area contributed by atoms with Crippen molar-refractivity contribution in [2.45, 2.75) is 31.7 Å². The Bertz CT molecular complexity index is 474. The second kappa shape index (κ2) is 6.12. The fourth-order valence-corrected chi connectivity index (χ4v) is 2.96. The molecule has 1 saturated heterocycles. The van der Waals surface area contributed by atoms with E-state index in [0.717, 1.165) is 37.0 Å². The van der Waals surface area contributed by atoms with Crippen LogP contribution >= 0.6 is 11.3 Å². The number of hydrogen-bond donors (Lipinski definition) is 2. The lowest BCUT2D eigenvalue weighted by Gasteiger charge is -2.28. The van der Waals surface area contributed by atoms with E-state index in [1.807, 2.05) is 0 Å². The van der Waals surface area contributed by atoms with Gasteiger partial charge in [-0.1, -0.05) is 12.8 Å². The molecule has 104 valence electrons. The summed E-state index contributed by atoms with van der Waals surface area (Å²) in [4.78, 5) is 28.8. The van der Waals surface area contributed by atoms with Crippen molar-refractivity contribution >= 4 is 23.2 Å². The average molecular weight is 284 g/mol.